The number of hydrogen-bond donors (Lipinski definition) is 0. The fourth-order valence-electron chi connectivity index (χ4n) is 1.75. The molecule has 2 aromatic carbocycles. The lowest BCUT2D eigenvalue weighted by atomic mass is 10.2. The van der Waals surface area contributed by atoms with E-state index in [1.807, 2.05) is 43.3 Å². The van der Waals surface area contributed by atoms with E-state index in [0.717, 1.165) is 16.2 Å². The maximum Gasteiger partial charge on any atom is 0.153 e. The highest BCUT2D eigenvalue weighted by atomic mass is 79.9. The molecule has 0 aromatic heterocycles. The number of alkyl halides is 1. The number of hydrogen-bond acceptors (Lipinski definition) is 1. The lowest BCUT2D eigenvalue weighted by Gasteiger charge is -2.16. The van der Waals surface area contributed by atoms with Crippen LogP contribution in [-0.2, 0) is 4.57 Å². The van der Waals surface area contributed by atoms with Gasteiger partial charge >= 0.3 is 0 Å². The fraction of sp³-hybridized carbons (Fsp3) is 0.143. The second kappa shape index (κ2) is 5.61. The molecule has 0 saturated heterocycles. The molecule has 2 aromatic rings. The second-order valence-corrected chi connectivity index (χ2v) is 8.86. The first kappa shape index (κ1) is 13.9. The van der Waals surface area contributed by atoms with Crippen LogP contribution in [0.3, 0.4) is 0 Å². The van der Waals surface area contributed by atoms with Crippen LogP contribution in [0, 0.1) is 6.92 Å². The van der Waals surface area contributed by atoms with Gasteiger partial charge in [0.15, 0.2) is 7.14 Å². The zero-order valence-corrected chi connectivity index (χ0v) is 13.2. The predicted octanol–water partition coefficient (Wildman–Crippen LogP) is 4.31. The van der Waals surface area contributed by atoms with Crippen molar-refractivity contribution in [3.8, 4) is 0 Å². The third-order valence-electron chi connectivity index (χ3n) is 2.86. The quantitative estimate of drug-likeness (QED) is 0.599. The van der Waals surface area contributed by atoms with Crippen molar-refractivity contribution < 1.29 is 4.57 Å². The molecule has 0 bridgehead atoms. The minimum atomic E-state index is -2.59. The zero-order valence-electron chi connectivity index (χ0n) is 9.94. The van der Waals surface area contributed by atoms with E-state index in [9.17, 15) is 4.57 Å². The normalized spacial score (nSPS) is 14.2. The lowest BCUT2D eigenvalue weighted by molar-refractivity contribution is 0.590. The molecule has 0 aliphatic carbocycles. The number of benzene rings is 2. The topological polar surface area (TPSA) is 17.1 Å². The van der Waals surface area contributed by atoms with Gasteiger partial charge in [0.1, 0.15) is 0 Å². The molecule has 0 fully saturated rings. The molecule has 1 atom stereocenters. The Balaban J connectivity index is 2.51. The van der Waals surface area contributed by atoms with Crippen LogP contribution >= 0.6 is 34.7 Å². The average molecular weight is 344 g/mol. The van der Waals surface area contributed by atoms with Gasteiger partial charge in [-0.15, -0.1) is 0 Å². The van der Waals surface area contributed by atoms with Crippen LogP contribution in [0.15, 0.2) is 48.5 Å². The lowest BCUT2D eigenvalue weighted by Crippen LogP contribution is -2.16. The van der Waals surface area contributed by atoms with Crippen LogP contribution in [-0.4, -0.2) is 5.07 Å². The third kappa shape index (κ3) is 2.71. The molecule has 1 nitrogen and oxygen atoms in total. The minimum Gasteiger partial charge on any atom is -0.313 e. The van der Waals surface area contributed by atoms with Crippen molar-refractivity contribution >= 4 is 45.3 Å². The average Bonchev–Trinajstić information content (AvgIpc) is 2.39. The van der Waals surface area contributed by atoms with Crippen LogP contribution in [0.25, 0.3) is 0 Å². The molecule has 94 valence electrons. The molecular weight excluding hydrogens is 330 g/mol. The van der Waals surface area contributed by atoms with Crippen molar-refractivity contribution in [1.29, 1.82) is 0 Å². The summed E-state index contributed by atoms with van der Waals surface area (Å²) in [5.41, 5.74) is 1.16. The Hall–Kier alpha value is -0.560. The Bertz CT molecular complexity index is 528. The standard InChI is InChI=1S/C14H13BrClOP/c1-11-2-6-13(7-3-11)18(17,10-15)14-8-4-12(16)5-9-14/h2-9H,10H2,1H3. The van der Waals surface area contributed by atoms with E-state index in [1.165, 1.54) is 0 Å². The van der Waals surface area contributed by atoms with Gasteiger partial charge in [0.25, 0.3) is 0 Å². The molecule has 0 N–H and O–H groups in total. The minimum absolute atomic E-state index is 0.435. The summed E-state index contributed by atoms with van der Waals surface area (Å²) in [6, 6.07) is 15.1. The van der Waals surface area contributed by atoms with Gasteiger partial charge in [-0.3, -0.25) is 0 Å². The van der Waals surface area contributed by atoms with Gasteiger partial charge in [-0.25, -0.2) is 0 Å². The van der Waals surface area contributed by atoms with E-state index in [0.29, 0.717) is 10.1 Å². The van der Waals surface area contributed by atoms with E-state index in [-0.39, 0.29) is 0 Å². The second-order valence-electron chi connectivity index (χ2n) is 4.17. The summed E-state index contributed by atoms with van der Waals surface area (Å²) in [4.78, 5) is 0. The maximum absolute atomic E-state index is 13.1. The fourth-order valence-corrected chi connectivity index (χ4v) is 5.45. The van der Waals surface area contributed by atoms with Crippen LogP contribution < -0.4 is 10.6 Å². The number of halogens is 2. The Morgan fingerprint density at radius 3 is 1.89 bits per heavy atom. The molecule has 0 saturated carbocycles. The Kier molecular flexibility index (Phi) is 4.32. The molecule has 0 heterocycles. The van der Waals surface area contributed by atoms with E-state index in [4.69, 9.17) is 11.6 Å². The highest BCUT2D eigenvalue weighted by Gasteiger charge is 2.25. The van der Waals surface area contributed by atoms with Gasteiger partial charge in [-0.05, 0) is 31.2 Å². The summed E-state index contributed by atoms with van der Waals surface area (Å²) in [6.45, 7) is 2.02. The molecule has 2 rings (SSSR count). The summed E-state index contributed by atoms with van der Waals surface area (Å²) < 4.78 is 13.1. The third-order valence-corrected chi connectivity index (χ3v) is 7.84. The van der Waals surface area contributed by atoms with Gasteiger partial charge in [0.2, 0.25) is 0 Å². The summed E-state index contributed by atoms with van der Waals surface area (Å²) in [6.07, 6.45) is 0. The highest BCUT2D eigenvalue weighted by molar-refractivity contribution is 9.10. The SMILES string of the molecule is Cc1ccc(P(=O)(CBr)c2ccc(Cl)cc2)cc1. The van der Waals surface area contributed by atoms with Gasteiger partial charge in [-0.2, -0.15) is 0 Å². The maximum atomic E-state index is 13.1. The van der Waals surface area contributed by atoms with Crippen molar-refractivity contribution in [3.05, 3.63) is 59.1 Å². The first-order valence-corrected chi connectivity index (χ1v) is 8.94. The molecule has 0 aliphatic rings. The largest absolute Gasteiger partial charge is 0.313 e. The highest BCUT2D eigenvalue weighted by Crippen LogP contribution is 2.45. The summed E-state index contributed by atoms with van der Waals surface area (Å²) in [5, 5.41) is 2.79. The smallest absolute Gasteiger partial charge is 0.153 e. The molecule has 0 spiro atoms. The van der Waals surface area contributed by atoms with Crippen molar-refractivity contribution in [2.24, 2.45) is 0 Å². The van der Waals surface area contributed by atoms with Crippen LogP contribution in [0.4, 0.5) is 0 Å². The monoisotopic (exact) mass is 342 g/mol. The van der Waals surface area contributed by atoms with E-state index >= 15 is 0 Å². The molecule has 0 aliphatic heterocycles. The van der Waals surface area contributed by atoms with E-state index in [1.54, 1.807) is 12.1 Å². The van der Waals surface area contributed by atoms with Crippen molar-refractivity contribution in [3.63, 3.8) is 0 Å². The van der Waals surface area contributed by atoms with Gasteiger partial charge in [0, 0.05) is 15.6 Å². The van der Waals surface area contributed by atoms with Gasteiger partial charge in [0.05, 0.1) is 5.07 Å². The molecule has 4 heteroatoms. The first-order chi connectivity index (χ1) is 8.56. The van der Waals surface area contributed by atoms with Crippen molar-refractivity contribution in [2.45, 2.75) is 6.92 Å². The van der Waals surface area contributed by atoms with E-state index in [2.05, 4.69) is 15.9 Å². The summed E-state index contributed by atoms with van der Waals surface area (Å²) in [7, 11) is -2.59. The Morgan fingerprint density at radius 2 is 1.44 bits per heavy atom. The van der Waals surface area contributed by atoms with Crippen LogP contribution in [0.5, 0.6) is 0 Å². The number of aryl methyl sites for hydroxylation is 1. The molecule has 18 heavy (non-hydrogen) atoms. The Morgan fingerprint density at radius 1 is 1.00 bits per heavy atom. The zero-order chi connectivity index (χ0) is 13.2. The van der Waals surface area contributed by atoms with E-state index < -0.39 is 7.14 Å². The predicted molar refractivity (Wildman–Crippen MR) is 83.3 cm³/mol. The molecule has 0 amide bonds. The summed E-state index contributed by atoms with van der Waals surface area (Å²) in [5.74, 6) is 0. The van der Waals surface area contributed by atoms with Crippen molar-refractivity contribution in [1.82, 2.24) is 0 Å². The Labute approximate surface area is 121 Å². The molecular formula is C14H13BrClOP. The van der Waals surface area contributed by atoms with Gasteiger partial charge < -0.3 is 4.57 Å². The van der Waals surface area contributed by atoms with Crippen LogP contribution in [0.2, 0.25) is 5.02 Å². The molecule has 1 unspecified atom stereocenters. The number of rotatable bonds is 3. The van der Waals surface area contributed by atoms with Gasteiger partial charge in [-0.1, -0.05) is 57.4 Å². The first-order valence-electron chi connectivity index (χ1n) is 5.54. The van der Waals surface area contributed by atoms with Crippen LogP contribution in [0.1, 0.15) is 5.56 Å². The summed E-state index contributed by atoms with van der Waals surface area (Å²) >= 11 is 9.26. The van der Waals surface area contributed by atoms with Crippen molar-refractivity contribution in [2.75, 3.05) is 5.07 Å². The molecule has 0 radical (unpaired) electrons.